The highest BCUT2D eigenvalue weighted by molar-refractivity contribution is 5.84. The minimum absolute atomic E-state index is 0.131. The van der Waals surface area contributed by atoms with Gasteiger partial charge >= 0.3 is 0 Å². The summed E-state index contributed by atoms with van der Waals surface area (Å²) in [5.74, 6) is 0.382. The lowest BCUT2D eigenvalue weighted by molar-refractivity contribution is -0.128. The van der Waals surface area contributed by atoms with Crippen LogP contribution in [-0.2, 0) is 11.3 Å². The summed E-state index contributed by atoms with van der Waals surface area (Å²) in [6.45, 7) is 7.87. The van der Waals surface area contributed by atoms with E-state index in [2.05, 4.69) is 38.2 Å². The highest BCUT2D eigenvalue weighted by atomic mass is 16.1. The number of carbonyl (C=O) groups is 1. The van der Waals surface area contributed by atoms with E-state index in [4.69, 9.17) is 0 Å². The molecule has 0 unspecified atom stereocenters. The minimum Gasteiger partial charge on any atom is -0.312 e. The Balaban J connectivity index is 2.28. The van der Waals surface area contributed by atoms with Gasteiger partial charge in [0.25, 0.3) is 0 Å². The first-order valence-corrected chi connectivity index (χ1v) is 6.90. The van der Waals surface area contributed by atoms with Crippen molar-refractivity contribution < 1.29 is 4.79 Å². The van der Waals surface area contributed by atoms with Gasteiger partial charge in [0.05, 0.1) is 0 Å². The van der Waals surface area contributed by atoms with Crippen LogP contribution in [0.3, 0.4) is 0 Å². The second kappa shape index (κ2) is 7.32. The van der Waals surface area contributed by atoms with Crippen LogP contribution in [0.2, 0.25) is 0 Å². The molecule has 0 saturated carbocycles. The number of rotatable bonds is 8. The second-order valence-corrected chi connectivity index (χ2v) is 5.10. The molecule has 0 heterocycles. The highest BCUT2D eigenvalue weighted by Crippen LogP contribution is 2.27. The summed E-state index contributed by atoms with van der Waals surface area (Å²) in [5.41, 5.74) is 1.13. The molecule has 2 heteroatoms. The summed E-state index contributed by atoms with van der Waals surface area (Å²) in [6.07, 6.45) is 2.49. The third-order valence-electron chi connectivity index (χ3n) is 3.93. The van der Waals surface area contributed by atoms with Gasteiger partial charge in [-0.1, -0.05) is 51.1 Å². The monoisotopic (exact) mass is 247 g/mol. The average Bonchev–Trinajstić information content (AvgIpc) is 2.43. The third kappa shape index (κ3) is 4.26. The summed E-state index contributed by atoms with van der Waals surface area (Å²) in [7, 11) is 0. The fourth-order valence-corrected chi connectivity index (χ4v) is 1.98. The van der Waals surface area contributed by atoms with E-state index in [1.54, 1.807) is 0 Å². The van der Waals surface area contributed by atoms with E-state index in [1.165, 1.54) is 5.56 Å². The first-order valence-electron chi connectivity index (χ1n) is 6.90. The van der Waals surface area contributed by atoms with Crippen LogP contribution in [0.5, 0.6) is 0 Å². The lowest BCUT2D eigenvalue weighted by Gasteiger charge is -2.24. The molecule has 0 aliphatic heterocycles. The van der Waals surface area contributed by atoms with Crippen molar-refractivity contribution in [2.75, 3.05) is 6.54 Å². The molecule has 1 aromatic rings. The van der Waals surface area contributed by atoms with Gasteiger partial charge in [-0.2, -0.15) is 0 Å². The SMILES string of the molecule is CCC(C)(CC)C(=O)CCNCc1ccccc1. The van der Waals surface area contributed by atoms with E-state index >= 15 is 0 Å². The van der Waals surface area contributed by atoms with E-state index in [-0.39, 0.29) is 5.41 Å². The number of Topliss-reactive ketones (excluding diaryl/α,β-unsaturated/α-hetero) is 1. The third-order valence-corrected chi connectivity index (χ3v) is 3.93. The van der Waals surface area contributed by atoms with Crippen LogP contribution in [0, 0.1) is 5.41 Å². The number of hydrogen-bond donors (Lipinski definition) is 1. The molecule has 2 nitrogen and oxygen atoms in total. The Labute approximate surface area is 111 Å². The van der Waals surface area contributed by atoms with Crippen molar-refractivity contribution in [3.63, 3.8) is 0 Å². The number of benzene rings is 1. The van der Waals surface area contributed by atoms with Crippen molar-refractivity contribution in [1.29, 1.82) is 0 Å². The Bertz CT molecular complexity index is 355. The predicted molar refractivity (Wildman–Crippen MR) is 76.5 cm³/mol. The molecular formula is C16H25NO. The van der Waals surface area contributed by atoms with Crippen molar-refractivity contribution in [1.82, 2.24) is 5.32 Å². The molecular weight excluding hydrogens is 222 g/mol. The van der Waals surface area contributed by atoms with Crippen LogP contribution in [0.1, 0.15) is 45.6 Å². The highest BCUT2D eigenvalue weighted by Gasteiger charge is 2.27. The standard InChI is InChI=1S/C16H25NO/c1-4-16(3,5-2)15(18)11-12-17-13-14-9-7-6-8-10-14/h6-10,17H,4-5,11-13H2,1-3H3. The molecule has 0 aromatic heterocycles. The normalized spacial score (nSPS) is 11.5. The van der Waals surface area contributed by atoms with Crippen molar-refractivity contribution in [2.24, 2.45) is 5.41 Å². The quantitative estimate of drug-likeness (QED) is 0.712. The van der Waals surface area contributed by atoms with Gasteiger partial charge in [0.15, 0.2) is 0 Å². The lowest BCUT2D eigenvalue weighted by Crippen LogP contribution is -2.29. The second-order valence-electron chi connectivity index (χ2n) is 5.10. The summed E-state index contributed by atoms with van der Waals surface area (Å²) in [6, 6.07) is 10.3. The van der Waals surface area contributed by atoms with Gasteiger partial charge in [-0.25, -0.2) is 0 Å². The molecule has 1 rings (SSSR count). The minimum atomic E-state index is -0.131. The van der Waals surface area contributed by atoms with Crippen LogP contribution >= 0.6 is 0 Å². The number of hydrogen-bond acceptors (Lipinski definition) is 2. The number of ketones is 1. The molecule has 0 saturated heterocycles. The Kier molecular flexibility index (Phi) is 6.06. The van der Waals surface area contributed by atoms with Gasteiger partial charge in [0.2, 0.25) is 0 Å². The van der Waals surface area contributed by atoms with Gasteiger partial charge in [-0.05, 0) is 18.4 Å². The Morgan fingerprint density at radius 2 is 1.78 bits per heavy atom. The lowest BCUT2D eigenvalue weighted by atomic mass is 9.79. The fourth-order valence-electron chi connectivity index (χ4n) is 1.98. The van der Waals surface area contributed by atoms with Gasteiger partial charge in [0.1, 0.15) is 5.78 Å². The molecule has 1 N–H and O–H groups in total. The van der Waals surface area contributed by atoms with Crippen LogP contribution < -0.4 is 5.32 Å². The summed E-state index contributed by atoms with van der Waals surface area (Å²) in [5, 5.41) is 3.33. The van der Waals surface area contributed by atoms with Gasteiger partial charge < -0.3 is 5.32 Å². The molecule has 0 aliphatic rings. The Hall–Kier alpha value is -1.15. The van der Waals surface area contributed by atoms with Crippen LogP contribution in [-0.4, -0.2) is 12.3 Å². The predicted octanol–water partition coefficient (Wildman–Crippen LogP) is 3.56. The van der Waals surface area contributed by atoms with E-state index in [0.717, 1.165) is 25.9 Å². The van der Waals surface area contributed by atoms with Crippen LogP contribution in [0.25, 0.3) is 0 Å². The largest absolute Gasteiger partial charge is 0.312 e. The van der Waals surface area contributed by atoms with Gasteiger partial charge in [-0.15, -0.1) is 0 Å². The summed E-state index contributed by atoms with van der Waals surface area (Å²) in [4.78, 5) is 12.1. The van der Waals surface area contributed by atoms with Crippen molar-refractivity contribution in [2.45, 2.75) is 46.6 Å². The maximum atomic E-state index is 12.1. The van der Waals surface area contributed by atoms with Crippen LogP contribution in [0.15, 0.2) is 30.3 Å². The van der Waals surface area contributed by atoms with Crippen molar-refractivity contribution in [3.8, 4) is 0 Å². The Morgan fingerprint density at radius 1 is 1.17 bits per heavy atom. The zero-order valence-corrected chi connectivity index (χ0v) is 11.8. The maximum absolute atomic E-state index is 12.1. The molecule has 0 radical (unpaired) electrons. The smallest absolute Gasteiger partial charge is 0.139 e. The van der Waals surface area contributed by atoms with E-state index in [0.29, 0.717) is 12.2 Å². The summed E-state index contributed by atoms with van der Waals surface area (Å²) < 4.78 is 0. The van der Waals surface area contributed by atoms with Gasteiger partial charge in [-0.3, -0.25) is 4.79 Å². The summed E-state index contributed by atoms with van der Waals surface area (Å²) >= 11 is 0. The Morgan fingerprint density at radius 3 is 2.33 bits per heavy atom. The van der Waals surface area contributed by atoms with Crippen molar-refractivity contribution in [3.05, 3.63) is 35.9 Å². The zero-order chi connectivity index (χ0) is 13.4. The van der Waals surface area contributed by atoms with E-state index in [1.807, 2.05) is 18.2 Å². The van der Waals surface area contributed by atoms with E-state index in [9.17, 15) is 4.79 Å². The topological polar surface area (TPSA) is 29.1 Å². The number of nitrogens with one attached hydrogen (secondary N) is 1. The average molecular weight is 247 g/mol. The zero-order valence-electron chi connectivity index (χ0n) is 11.8. The van der Waals surface area contributed by atoms with Crippen molar-refractivity contribution >= 4 is 5.78 Å². The molecule has 0 aliphatic carbocycles. The molecule has 0 atom stereocenters. The van der Waals surface area contributed by atoms with Crippen LogP contribution in [0.4, 0.5) is 0 Å². The maximum Gasteiger partial charge on any atom is 0.139 e. The molecule has 18 heavy (non-hydrogen) atoms. The molecule has 1 aromatic carbocycles. The molecule has 0 fully saturated rings. The molecule has 0 bridgehead atoms. The molecule has 0 amide bonds. The molecule has 100 valence electrons. The fraction of sp³-hybridized carbons (Fsp3) is 0.562. The number of carbonyl (C=O) groups excluding carboxylic acids is 1. The van der Waals surface area contributed by atoms with Gasteiger partial charge in [0, 0.05) is 24.9 Å². The van der Waals surface area contributed by atoms with E-state index < -0.39 is 0 Å². The first kappa shape index (κ1) is 14.9. The molecule has 0 spiro atoms. The first-order chi connectivity index (χ1) is 8.62.